The molecular weight excluding hydrogens is 266 g/mol. The quantitative estimate of drug-likeness (QED) is 0.367. The third-order valence-corrected chi connectivity index (χ3v) is 2.05. The lowest BCUT2D eigenvalue weighted by Gasteiger charge is -2.06. The van der Waals surface area contributed by atoms with Crippen molar-refractivity contribution in [3.05, 3.63) is 29.8 Å². The number of nitrogens with zero attached hydrogens (tertiary/aromatic N) is 1. The van der Waals surface area contributed by atoms with E-state index in [0.717, 1.165) is 0 Å². The number of carboxylic acid groups (broad SMARTS) is 1. The Morgan fingerprint density at radius 1 is 1.25 bits per heavy atom. The summed E-state index contributed by atoms with van der Waals surface area (Å²) in [4.78, 5) is 32.1. The first-order valence-corrected chi connectivity index (χ1v) is 5.50. The number of carbonyl (C=O) groups excluding carboxylic acids is 3. The molecule has 0 saturated heterocycles. The van der Waals surface area contributed by atoms with Crippen LogP contribution in [-0.2, 0) is 14.4 Å². The number of likely N-dealkylation sites (N-methyl/N-ethyl adjacent to an activating group) is 1. The Balaban J connectivity index is 2.50. The number of nitrogens with one attached hydrogen (secondary N) is 2. The molecule has 0 fully saturated rings. The molecule has 0 bridgehead atoms. The van der Waals surface area contributed by atoms with Crippen LogP contribution in [0.3, 0.4) is 0 Å². The van der Waals surface area contributed by atoms with Crippen molar-refractivity contribution in [3.63, 3.8) is 0 Å². The Morgan fingerprint density at radius 3 is 2.45 bits per heavy atom. The molecule has 0 atom stereocenters. The number of hydrogen-bond donors (Lipinski definition) is 2. The second-order valence-electron chi connectivity index (χ2n) is 3.51. The zero-order chi connectivity index (χ0) is 15.0. The fourth-order valence-electron chi connectivity index (χ4n) is 1.12. The summed E-state index contributed by atoms with van der Waals surface area (Å²) < 4.78 is 4.88. The van der Waals surface area contributed by atoms with E-state index < -0.39 is 24.4 Å². The number of benzene rings is 1. The van der Waals surface area contributed by atoms with E-state index in [1.165, 1.54) is 25.4 Å². The van der Waals surface area contributed by atoms with Crippen molar-refractivity contribution in [1.82, 2.24) is 10.7 Å². The molecule has 1 aromatic rings. The Bertz CT molecular complexity index is 524. The molecule has 0 aliphatic heterocycles. The maximum atomic E-state index is 11.0. The summed E-state index contributed by atoms with van der Waals surface area (Å²) in [5, 5.41) is 15.9. The number of ether oxygens (including phenoxy) is 1. The number of amides is 2. The Labute approximate surface area is 114 Å². The van der Waals surface area contributed by atoms with E-state index in [2.05, 4.69) is 10.4 Å². The van der Waals surface area contributed by atoms with E-state index in [1.807, 2.05) is 5.43 Å². The Morgan fingerprint density at radius 2 is 1.90 bits per heavy atom. The number of carbonyl (C=O) groups is 3. The molecule has 0 unspecified atom stereocenters. The van der Waals surface area contributed by atoms with Crippen molar-refractivity contribution in [2.75, 3.05) is 13.7 Å². The van der Waals surface area contributed by atoms with Crippen LogP contribution in [0.4, 0.5) is 0 Å². The lowest BCUT2D eigenvalue weighted by Crippen LogP contribution is -2.35. The van der Waals surface area contributed by atoms with E-state index in [4.69, 9.17) is 4.74 Å². The van der Waals surface area contributed by atoms with Crippen molar-refractivity contribution >= 4 is 24.0 Å². The molecule has 8 heteroatoms. The van der Waals surface area contributed by atoms with E-state index in [0.29, 0.717) is 11.3 Å². The van der Waals surface area contributed by atoms with Gasteiger partial charge in [-0.1, -0.05) is 0 Å². The third-order valence-electron chi connectivity index (χ3n) is 2.05. The fraction of sp³-hybridized carbons (Fsp3) is 0.167. The lowest BCUT2D eigenvalue weighted by molar-refractivity contribution is -0.307. The average molecular weight is 278 g/mol. The van der Waals surface area contributed by atoms with Crippen LogP contribution in [0.15, 0.2) is 29.4 Å². The first-order chi connectivity index (χ1) is 9.52. The maximum Gasteiger partial charge on any atom is 0.329 e. The molecule has 8 nitrogen and oxygen atoms in total. The molecule has 20 heavy (non-hydrogen) atoms. The van der Waals surface area contributed by atoms with E-state index in [9.17, 15) is 19.5 Å². The minimum absolute atomic E-state index is 0.362. The van der Waals surface area contributed by atoms with Gasteiger partial charge in [0.25, 0.3) is 0 Å². The number of aliphatic carboxylic acids is 1. The second-order valence-corrected chi connectivity index (χ2v) is 3.51. The molecule has 1 rings (SSSR count). The van der Waals surface area contributed by atoms with Crippen LogP contribution >= 0.6 is 0 Å². The second kappa shape index (κ2) is 7.52. The molecule has 0 heterocycles. The highest BCUT2D eigenvalue weighted by Gasteiger charge is 2.08. The van der Waals surface area contributed by atoms with E-state index in [1.54, 1.807) is 12.1 Å². The minimum atomic E-state index is -1.31. The number of hydrazone groups is 1. The first-order valence-electron chi connectivity index (χ1n) is 5.50. The zero-order valence-corrected chi connectivity index (χ0v) is 10.6. The largest absolute Gasteiger partial charge is 0.546 e. The topological polar surface area (TPSA) is 120 Å². The number of hydrogen-bond acceptors (Lipinski definition) is 6. The predicted octanol–water partition coefficient (Wildman–Crippen LogP) is -1.99. The van der Waals surface area contributed by atoms with Gasteiger partial charge >= 0.3 is 11.8 Å². The van der Waals surface area contributed by atoms with Crippen molar-refractivity contribution in [2.45, 2.75) is 0 Å². The summed E-state index contributed by atoms with van der Waals surface area (Å²) in [6.45, 7) is -0.532. The van der Waals surface area contributed by atoms with Gasteiger partial charge in [0.1, 0.15) is 12.4 Å². The predicted molar refractivity (Wildman–Crippen MR) is 66.7 cm³/mol. The van der Waals surface area contributed by atoms with Crippen LogP contribution in [0, 0.1) is 0 Å². The molecule has 0 aliphatic rings. The van der Waals surface area contributed by atoms with E-state index >= 15 is 0 Å². The highest BCUT2D eigenvalue weighted by molar-refractivity contribution is 6.34. The van der Waals surface area contributed by atoms with Crippen molar-refractivity contribution in [3.8, 4) is 5.75 Å². The van der Waals surface area contributed by atoms with Crippen LogP contribution in [-0.4, -0.2) is 37.7 Å². The Hall–Kier alpha value is -2.90. The van der Waals surface area contributed by atoms with E-state index in [-0.39, 0.29) is 0 Å². The van der Waals surface area contributed by atoms with Crippen LogP contribution in [0.1, 0.15) is 5.56 Å². The molecule has 0 radical (unpaired) electrons. The normalized spacial score (nSPS) is 10.1. The van der Waals surface area contributed by atoms with Gasteiger partial charge in [0.2, 0.25) is 0 Å². The first kappa shape index (κ1) is 15.2. The fourth-order valence-corrected chi connectivity index (χ4v) is 1.12. The summed E-state index contributed by atoms with van der Waals surface area (Å²) in [5.41, 5.74) is 2.67. The smallest absolute Gasteiger partial charge is 0.329 e. The summed E-state index contributed by atoms with van der Waals surface area (Å²) in [6, 6.07) is 6.26. The molecule has 0 spiro atoms. The van der Waals surface area contributed by atoms with Gasteiger partial charge in [0.05, 0.1) is 12.2 Å². The van der Waals surface area contributed by atoms with Gasteiger partial charge in [-0.25, -0.2) is 5.43 Å². The Kier molecular flexibility index (Phi) is 5.70. The summed E-state index contributed by atoms with van der Waals surface area (Å²) in [7, 11) is 1.33. The molecule has 2 amide bonds. The van der Waals surface area contributed by atoms with Gasteiger partial charge in [-0.2, -0.15) is 5.10 Å². The standard InChI is InChI=1S/C12H13N3O5/c1-13-11(18)12(19)15-14-6-8-2-4-9(5-3-8)20-7-10(16)17/h2-6H,7H2,1H3,(H,13,18)(H,15,19)(H,16,17)/p-1/b14-6-. The van der Waals surface area contributed by atoms with Crippen LogP contribution < -0.4 is 20.6 Å². The molecular formula is C12H12N3O5-. The van der Waals surface area contributed by atoms with Crippen molar-refractivity contribution < 1.29 is 24.2 Å². The van der Waals surface area contributed by atoms with Crippen molar-refractivity contribution in [1.29, 1.82) is 0 Å². The molecule has 2 N–H and O–H groups in total. The molecule has 0 aliphatic carbocycles. The summed E-state index contributed by atoms with van der Waals surface area (Å²) in [5.74, 6) is -2.63. The van der Waals surface area contributed by atoms with Crippen molar-refractivity contribution in [2.24, 2.45) is 5.10 Å². The van der Waals surface area contributed by atoms with Gasteiger partial charge in [-0.15, -0.1) is 0 Å². The SMILES string of the molecule is CNC(=O)C(=O)N/N=C\c1ccc(OCC(=O)[O-])cc1. The monoisotopic (exact) mass is 278 g/mol. The third kappa shape index (κ3) is 5.17. The highest BCUT2D eigenvalue weighted by atomic mass is 16.5. The molecule has 106 valence electrons. The summed E-state index contributed by atoms with van der Waals surface area (Å²) >= 11 is 0. The zero-order valence-electron chi connectivity index (χ0n) is 10.6. The molecule has 0 saturated carbocycles. The maximum absolute atomic E-state index is 11.0. The van der Waals surface area contributed by atoms with Gasteiger partial charge in [0.15, 0.2) is 0 Å². The molecule has 1 aromatic carbocycles. The van der Waals surface area contributed by atoms with Crippen LogP contribution in [0.5, 0.6) is 5.75 Å². The minimum Gasteiger partial charge on any atom is -0.546 e. The van der Waals surface area contributed by atoms with Gasteiger partial charge < -0.3 is 20.0 Å². The van der Waals surface area contributed by atoms with Crippen LogP contribution in [0.2, 0.25) is 0 Å². The van der Waals surface area contributed by atoms with Gasteiger partial charge in [0, 0.05) is 7.05 Å². The van der Waals surface area contributed by atoms with Gasteiger partial charge in [-0.3, -0.25) is 9.59 Å². The van der Waals surface area contributed by atoms with Crippen LogP contribution in [0.25, 0.3) is 0 Å². The highest BCUT2D eigenvalue weighted by Crippen LogP contribution is 2.10. The lowest BCUT2D eigenvalue weighted by atomic mass is 10.2. The summed E-state index contributed by atoms with van der Waals surface area (Å²) in [6.07, 6.45) is 1.32. The molecule has 0 aromatic heterocycles. The average Bonchev–Trinajstić information content (AvgIpc) is 2.45. The number of carboxylic acids is 1. The number of rotatable bonds is 5. The van der Waals surface area contributed by atoms with Gasteiger partial charge in [-0.05, 0) is 29.8 Å².